The summed E-state index contributed by atoms with van der Waals surface area (Å²) in [6.07, 6.45) is -4.35. The van der Waals surface area contributed by atoms with Crippen LogP contribution in [0.25, 0.3) is 10.1 Å². The lowest BCUT2D eigenvalue weighted by molar-refractivity contribution is -0.139. The van der Waals surface area contributed by atoms with Gasteiger partial charge in [0.25, 0.3) is 0 Å². The highest BCUT2D eigenvalue weighted by atomic mass is 32.1. The Labute approximate surface area is 76.0 Å². The average Bonchev–Trinajstić information content (AvgIpc) is 2.45. The summed E-state index contributed by atoms with van der Waals surface area (Å²) in [4.78, 5) is 0. The molecule has 1 aromatic carbocycles. The highest BCUT2D eigenvalue weighted by Gasteiger charge is 2.35. The molecule has 5 heteroatoms. The van der Waals surface area contributed by atoms with Crippen molar-refractivity contribution in [3.63, 3.8) is 0 Å². The van der Waals surface area contributed by atoms with Crippen molar-refractivity contribution >= 4 is 21.6 Å². The number of benzene rings is 1. The second-order valence-corrected chi connectivity index (χ2v) is 3.33. The van der Waals surface area contributed by atoms with Gasteiger partial charge in [0.2, 0.25) is 0 Å². The van der Waals surface area contributed by atoms with Crippen molar-refractivity contribution in [2.75, 3.05) is 0 Å². The predicted octanol–water partition coefficient (Wildman–Crippen LogP) is 3.32. The summed E-state index contributed by atoms with van der Waals surface area (Å²) in [6.45, 7) is 0. The van der Waals surface area contributed by atoms with Gasteiger partial charge in [0.05, 0.1) is 4.70 Å². The zero-order valence-electron chi connectivity index (χ0n) is 6.30. The van der Waals surface area contributed by atoms with Gasteiger partial charge in [0.15, 0.2) is 5.69 Å². The van der Waals surface area contributed by atoms with Crippen LogP contribution < -0.4 is 0 Å². The molecule has 0 atom stereocenters. The third kappa shape index (κ3) is 1.39. The van der Waals surface area contributed by atoms with Crippen LogP contribution in [0.15, 0.2) is 24.3 Å². The van der Waals surface area contributed by atoms with Crippen LogP contribution >= 0.6 is 11.5 Å². The fourth-order valence-corrected chi connectivity index (χ4v) is 1.88. The number of rotatable bonds is 0. The third-order valence-electron chi connectivity index (χ3n) is 1.65. The van der Waals surface area contributed by atoms with Crippen molar-refractivity contribution in [2.45, 2.75) is 6.18 Å². The van der Waals surface area contributed by atoms with Crippen molar-refractivity contribution in [3.05, 3.63) is 30.0 Å². The van der Waals surface area contributed by atoms with Crippen LogP contribution in [0, 0.1) is 0 Å². The minimum atomic E-state index is -4.35. The molecule has 1 heterocycles. The van der Waals surface area contributed by atoms with E-state index in [4.69, 9.17) is 0 Å². The van der Waals surface area contributed by atoms with E-state index in [1.807, 2.05) is 0 Å². The Balaban J connectivity index is 2.72. The van der Waals surface area contributed by atoms with Crippen LogP contribution in [0.3, 0.4) is 0 Å². The van der Waals surface area contributed by atoms with Gasteiger partial charge in [0, 0.05) is 5.39 Å². The fourth-order valence-electron chi connectivity index (χ4n) is 1.09. The van der Waals surface area contributed by atoms with Crippen molar-refractivity contribution < 1.29 is 13.2 Å². The van der Waals surface area contributed by atoms with Crippen molar-refractivity contribution in [1.82, 2.24) is 4.37 Å². The van der Waals surface area contributed by atoms with Crippen LogP contribution in [0.2, 0.25) is 0 Å². The zero-order chi connectivity index (χ0) is 9.47. The van der Waals surface area contributed by atoms with Gasteiger partial charge in [-0.15, -0.1) is 0 Å². The summed E-state index contributed by atoms with van der Waals surface area (Å²) in [5.41, 5.74) is -0.784. The van der Waals surface area contributed by atoms with E-state index in [0.717, 1.165) is 11.5 Å². The van der Waals surface area contributed by atoms with Crippen molar-refractivity contribution in [3.8, 4) is 0 Å². The minimum absolute atomic E-state index is 0.181. The van der Waals surface area contributed by atoms with E-state index >= 15 is 0 Å². The van der Waals surface area contributed by atoms with Gasteiger partial charge in [0.1, 0.15) is 0 Å². The first kappa shape index (κ1) is 8.50. The Bertz CT molecular complexity index is 432. The van der Waals surface area contributed by atoms with Gasteiger partial charge in [-0.05, 0) is 17.6 Å². The van der Waals surface area contributed by atoms with Gasteiger partial charge in [-0.25, -0.2) is 0 Å². The molecule has 0 amide bonds. The summed E-state index contributed by atoms with van der Waals surface area (Å²) in [5.74, 6) is 0. The van der Waals surface area contributed by atoms with Crippen LogP contribution in [0.1, 0.15) is 5.69 Å². The Morgan fingerprint density at radius 2 is 1.85 bits per heavy atom. The molecule has 1 aromatic heterocycles. The number of aromatic nitrogens is 1. The second-order valence-electron chi connectivity index (χ2n) is 2.53. The van der Waals surface area contributed by atoms with E-state index in [2.05, 4.69) is 4.37 Å². The van der Waals surface area contributed by atoms with Crippen molar-refractivity contribution in [2.24, 2.45) is 0 Å². The van der Waals surface area contributed by atoms with Gasteiger partial charge in [-0.1, -0.05) is 18.2 Å². The monoisotopic (exact) mass is 203 g/mol. The molecule has 0 saturated carbocycles. The number of halogens is 3. The highest BCUT2D eigenvalue weighted by molar-refractivity contribution is 7.13. The third-order valence-corrected chi connectivity index (χ3v) is 2.47. The summed E-state index contributed by atoms with van der Waals surface area (Å²) >= 11 is 0.871. The number of fused-ring (bicyclic) bond motifs is 1. The first-order valence-corrected chi connectivity index (χ1v) is 4.28. The molecule has 13 heavy (non-hydrogen) atoms. The molecule has 0 radical (unpaired) electrons. The molecular weight excluding hydrogens is 199 g/mol. The molecule has 0 aliphatic heterocycles. The van der Waals surface area contributed by atoms with E-state index < -0.39 is 11.9 Å². The lowest BCUT2D eigenvalue weighted by atomic mass is 10.2. The molecule has 0 bridgehead atoms. The smallest absolute Gasteiger partial charge is 0.187 e. The largest absolute Gasteiger partial charge is 0.435 e. The lowest BCUT2D eigenvalue weighted by Gasteiger charge is -2.01. The zero-order valence-corrected chi connectivity index (χ0v) is 7.12. The van der Waals surface area contributed by atoms with Crippen LogP contribution in [0.4, 0.5) is 13.2 Å². The summed E-state index contributed by atoms with van der Waals surface area (Å²) in [6, 6.07) is 6.33. The van der Waals surface area contributed by atoms with Crippen LogP contribution in [0.5, 0.6) is 0 Å². The Hall–Kier alpha value is -1.10. The van der Waals surface area contributed by atoms with E-state index in [1.165, 1.54) is 6.07 Å². The number of hydrogen-bond donors (Lipinski definition) is 0. The van der Waals surface area contributed by atoms with E-state index in [0.29, 0.717) is 4.70 Å². The summed E-state index contributed by atoms with van der Waals surface area (Å²) < 4.78 is 40.8. The molecular formula is C8H4F3NS. The maximum atomic E-state index is 12.3. The number of nitrogens with zero attached hydrogens (tertiary/aromatic N) is 1. The van der Waals surface area contributed by atoms with E-state index in [1.54, 1.807) is 18.2 Å². The first-order chi connectivity index (χ1) is 6.09. The molecule has 0 aliphatic carbocycles. The molecule has 2 aromatic rings. The second kappa shape index (κ2) is 2.70. The normalized spacial score (nSPS) is 12.2. The SMILES string of the molecule is FC(F)(F)c1nsc2ccccc12. The molecule has 0 spiro atoms. The molecule has 1 nitrogen and oxygen atoms in total. The lowest BCUT2D eigenvalue weighted by Crippen LogP contribution is -2.05. The van der Waals surface area contributed by atoms with Gasteiger partial charge in [-0.3, -0.25) is 0 Å². The molecule has 68 valence electrons. The average molecular weight is 203 g/mol. The van der Waals surface area contributed by atoms with E-state index in [-0.39, 0.29) is 5.39 Å². The van der Waals surface area contributed by atoms with Crippen molar-refractivity contribution in [1.29, 1.82) is 0 Å². The van der Waals surface area contributed by atoms with Crippen LogP contribution in [-0.2, 0) is 6.18 Å². The fraction of sp³-hybridized carbons (Fsp3) is 0.125. The molecule has 0 N–H and O–H groups in total. The molecule has 2 rings (SSSR count). The summed E-state index contributed by atoms with van der Waals surface area (Å²) in [7, 11) is 0. The van der Waals surface area contributed by atoms with Gasteiger partial charge < -0.3 is 0 Å². The Morgan fingerprint density at radius 3 is 2.54 bits per heavy atom. The molecule has 0 unspecified atom stereocenters. The molecule has 0 aliphatic rings. The van der Waals surface area contributed by atoms with E-state index in [9.17, 15) is 13.2 Å². The van der Waals surface area contributed by atoms with Gasteiger partial charge in [-0.2, -0.15) is 17.5 Å². The first-order valence-electron chi connectivity index (χ1n) is 3.50. The Kier molecular flexibility index (Phi) is 1.76. The summed E-state index contributed by atoms with van der Waals surface area (Å²) in [5, 5.41) is 0.181. The number of hydrogen-bond acceptors (Lipinski definition) is 2. The minimum Gasteiger partial charge on any atom is -0.187 e. The standard InChI is InChI=1S/C8H4F3NS/c9-8(10,11)7-5-3-1-2-4-6(5)13-12-7/h1-4H. The highest BCUT2D eigenvalue weighted by Crippen LogP contribution is 2.35. The Morgan fingerprint density at radius 1 is 1.15 bits per heavy atom. The topological polar surface area (TPSA) is 12.9 Å². The maximum Gasteiger partial charge on any atom is 0.435 e. The maximum absolute atomic E-state index is 12.3. The quantitative estimate of drug-likeness (QED) is 0.640. The predicted molar refractivity (Wildman–Crippen MR) is 44.6 cm³/mol. The molecule has 0 fully saturated rings. The van der Waals surface area contributed by atoms with Gasteiger partial charge >= 0.3 is 6.18 Å². The molecule has 0 saturated heterocycles. The van der Waals surface area contributed by atoms with Crippen LogP contribution in [-0.4, -0.2) is 4.37 Å². The number of alkyl halides is 3.